The second-order valence-electron chi connectivity index (χ2n) is 3.36. The SMILES string of the molecule is C[C@@H](F)[C@H]1C(=O)N[C@@H]1[C@@H](C)C(=O)O. The van der Waals surface area contributed by atoms with E-state index >= 15 is 0 Å². The van der Waals surface area contributed by atoms with Crippen molar-refractivity contribution in [2.24, 2.45) is 11.8 Å². The van der Waals surface area contributed by atoms with Crippen molar-refractivity contribution >= 4 is 11.9 Å². The van der Waals surface area contributed by atoms with Crippen LogP contribution >= 0.6 is 0 Å². The predicted octanol–water partition coefficient (Wildman–Crippen LogP) is 0.180. The fourth-order valence-corrected chi connectivity index (χ4v) is 1.50. The molecule has 0 aromatic heterocycles. The number of nitrogens with one attached hydrogen (secondary N) is 1. The summed E-state index contributed by atoms with van der Waals surface area (Å²) in [4.78, 5) is 21.4. The summed E-state index contributed by atoms with van der Waals surface area (Å²) >= 11 is 0. The number of carbonyl (C=O) groups is 2. The van der Waals surface area contributed by atoms with Gasteiger partial charge < -0.3 is 10.4 Å². The fourth-order valence-electron chi connectivity index (χ4n) is 1.50. The van der Waals surface area contributed by atoms with Crippen LogP contribution in [0.2, 0.25) is 0 Å². The Kier molecular flexibility index (Phi) is 2.54. The number of β-lactam (4-membered cyclic amide) rings is 1. The van der Waals surface area contributed by atoms with Gasteiger partial charge >= 0.3 is 5.97 Å². The van der Waals surface area contributed by atoms with Crippen LogP contribution in [0, 0.1) is 11.8 Å². The highest BCUT2D eigenvalue weighted by Crippen LogP contribution is 2.27. The molecule has 1 aliphatic rings. The van der Waals surface area contributed by atoms with Gasteiger partial charge in [0.2, 0.25) is 5.91 Å². The van der Waals surface area contributed by atoms with E-state index in [1.54, 1.807) is 0 Å². The molecule has 0 bridgehead atoms. The van der Waals surface area contributed by atoms with Crippen molar-refractivity contribution in [2.45, 2.75) is 26.1 Å². The molecular weight excluding hydrogens is 177 g/mol. The first-order chi connectivity index (χ1) is 5.95. The molecular formula is C8H12FNO3. The van der Waals surface area contributed by atoms with Crippen molar-refractivity contribution in [3.8, 4) is 0 Å². The van der Waals surface area contributed by atoms with Gasteiger partial charge in [-0.3, -0.25) is 9.59 Å². The van der Waals surface area contributed by atoms with Gasteiger partial charge in [0.05, 0.1) is 17.9 Å². The van der Waals surface area contributed by atoms with Gasteiger partial charge in [0.15, 0.2) is 0 Å². The Bertz CT molecular complexity index is 242. The minimum absolute atomic E-state index is 0.395. The van der Waals surface area contributed by atoms with Crippen LogP contribution in [0.25, 0.3) is 0 Å². The van der Waals surface area contributed by atoms with Crippen LogP contribution in [0.5, 0.6) is 0 Å². The molecule has 0 saturated carbocycles. The molecule has 0 aliphatic carbocycles. The van der Waals surface area contributed by atoms with Gasteiger partial charge in [-0.25, -0.2) is 4.39 Å². The quantitative estimate of drug-likeness (QED) is 0.622. The smallest absolute Gasteiger partial charge is 0.308 e. The lowest BCUT2D eigenvalue weighted by atomic mass is 9.79. The molecule has 74 valence electrons. The molecule has 2 N–H and O–H groups in total. The summed E-state index contributed by atoms with van der Waals surface area (Å²) in [5, 5.41) is 11.0. The minimum atomic E-state index is -1.29. The monoisotopic (exact) mass is 189 g/mol. The summed E-state index contributed by atoms with van der Waals surface area (Å²) < 4.78 is 12.8. The zero-order valence-corrected chi connectivity index (χ0v) is 7.45. The van der Waals surface area contributed by atoms with Crippen LogP contribution in [0.3, 0.4) is 0 Å². The highest BCUT2D eigenvalue weighted by molar-refractivity contribution is 5.88. The van der Waals surface area contributed by atoms with Crippen molar-refractivity contribution in [3.63, 3.8) is 0 Å². The third-order valence-corrected chi connectivity index (χ3v) is 2.42. The van der Waals surface area contributed by atoms with Crippen LogP contribution < -0.4 is 5.32 Å². The molecule has 0 spiro atoms. The number of hydrogen-bond acceptors (Lipinski definition) is 2. The number of amides is 1. The van der Waals surface area contributed by atoms with Gasteiger partial charge in [-0.1, -0.05) is 0 Å². The van der Waals surface area contributed by atoms with E-state index in [4.69, 9.17) is 5.11 Å². The molecule has 1 aliphatic heterocycles. The number of carboxylic acids is 1. The molecule has 0 radical (unpaired) electrons. The molecule has 0 aromatic rings. The van der Waals surface area contributed by atoms with Crippen LogP contribution in [0.4, 0.5) is 4.39 Å². The average molecular weight is 189 g/mol. The summed E-state index contributed by atoms with van der Waals surface area (Å²) in [5.41, 5.74) is 0. The van der Waals surface area contributed by atoms with Gasteiger partial charge in [0.25, 0.3) is 0 Å². The van der Waals surface area contributed by atoms with Gasteiger partial charge in [0, 0.05) is 0 Å². The lowest BCUT2D eigenvalue weighted by molar-refractivity contribution is -0.150. The van der Waals surface area contributed by atoms with Gasteiger partial charge in [-0.2, -0.15) is 0 Å². The molecule has 4 atom stereocenters. The molecule has 13 heavy (non-hydrogen) atoms. The van der Waals surface area contributed by atoms with E-state index < -0.39 is 35.9 Å². The molecule has 5 heteroatoms. The number of aliphatic carboxylic acids is 1. The first kappa shape index (κ1) is 9.95. The Hall–Kier alpha value is -1.13. The Labute approximate surface area is 75.1 Å². The molecule has 0 unspecified atom stereocenters. The number of carboxylic acid groups (broad SMARTS) is 1. The van der Waals surface area contributed by atoms with E-state index in [1.165, 1.54) is 13.8 Å². The van der Waals surface area contributed by atoms with Crippen LogP contribution in [0.1, 0.15) is 13.8 Å². The maximum Gasteiger partial charge on any atom is 0.308 e. The molecule has 1 fully saturated rings. The summed E-state index contributed by atoms with van der Waals surface area (Å²) in [6.07, 6.45) is -1.29. The zero-order chi connectivity index (χ0) is 10.2. The molecule has 1 amide bonds. The highest BCUT2D eigenvalue weighted by atomic mass is 19.1. The summed E-state index contributed by atoms with van der Waals surface area (Å²) in [7, 11) is 0. The van der Waals surface area contributed by atoms with Crippen LogP contribution in [-0.2, 0) is 9.59 Å². The van der Waals surface area contributed by atoms with E-state index in [0.717, 1.165) is 0 Å². The second kappa shape index (κ2) is 3.32. The first-order valence-corrected chi connectivity index (χ1v) is 4.12. The van der Waals surface area contributed by atoms with E-state index in [0.29, 0.717) is 0 Å². The number of rotatable bonds is 3. The van der Waals surface area contributed by atoms with Crippen molar-refractivity contribution in [3.05, 3.63) is 0 Å². The van der Waals surface area contributed by atoms with E-state index in [1.807, 2.05) is 0 Å². The normalized spacial score (nSPS) is 31.5. The topological polar surface area (TPSA) is 66.4 Å². The largest absolute Gasteiger partial charge is 0.481 e. The molecule has 4 nitrogen and oxygen atoms in total. The lowest BCUT2D eigenvalue weighted by Gasteiger charge is -2.39. The Morgan fingerprint density at radius 3 is 2.46 bits per heavy atom. The maximum absolute atomic E-state index is 12.8. The van der Waals surface area contributed by atoms with E-state index in [-0.39, 0.29) is 0 Å². The van der Waals surface area contributed by atoms with Crippen molar-refractivity contribution in [1.29, 1.82) is 0 Å². The predicted molar refractivity (Wildman–Crippen MR) is 42.8 cm³/mol. The zero-order valence-electron chi connectivity index (χ0n) is 7.45. The van der Waals surface area contributed by atoms with Crippen LogP contribution in [0.15, 0.2) is 0 Å². The Morgan fingerprint density at radius 1 is 1.62 bits per heavy atom. The van der Waals surface area contributed by atoms with E-state index in [2.05, 4.69) is 5.32 Å². The summed E-state index contributed by atoms with van der Waals surface area (Å²) in [6, 6.07) is -0.565. The van der Waals surface area contributed by atoms with Crippen molar-refractivity contribution in [2.75, 3.05) is 0 Å². The average Bonchev–Trinajstić information content (AvgIpc) is 1.97. The van der Waals surface area contributed by atoms with Gasteiger partial charge in [-0.05, 0) is 13.8 Å². The summed E-state index contributed by atoms with van der Waals surface area (Å²) in [5.74, 6) is -2.95. The lowest BCUT2D eigenvalue weighted by Crippen LogP contribution is -2.64. The van der Waals surface area contributed by atoms with E-state index in [9.17, 15) is 14.0 Å². The van der Waals surface area contributed by atoms with Gasteiger partial charge in [0.1, 0.15) is 6.17 Å². The number of hydrogen-bond donors (Lipinski definition) is 2. The maximum atomic E-state index is 12.8. The summed E-state index contributed by atoms with van der Waals surface area (Å²) in [6.45, 7) is 2.73. The Morgan fingerprint density at radius 2 is 2.15 bits per heavy atom. The molecule has 1 saturated heterocycles. The number of halogens is 1. The molecule has 1 rings (SSSR count). The fraction of sp³-hybridized carbons (Fsp3) is 0.750. The second-order valence-corrected chi connectivity index (χ2v) is 3.36. The third kappa shape index (κ3) is 1.64. The highest BCUT2D eigenvalue weighted by Gasteiger charge is 2.47. The third-order valence-electron chi connectivity index (χ3n) is 2.42. The number of alkyl halides is 1. The standard InChI is InChI=1S/C8H12FNO3/c1-3(8(12)13)6-5(4(2)9)7(11)10-6/h3-6H,1-2H3,(H,10,11)(H,12,13)/t3-,4-,5-,6-/m1/s1. The molecule has 0 aromatic carbocycles. The van der Waals surface area contributed by atoms with Crippen LogP contribution in [-0.4, -0.2) is 29.2 Å². The first-order valence-electron chi connectivity index (χ1n) is 4.12. The Balaban J connectivity index is 2.64. The van der Waals surface area contributed by atoms with Crippen molar-refractivity contribution < 1.29 is 19.1 Å². The van der Waals surface area contributed by atoms with Crippen molar-refractivity contribution in [1.82, 2.24) is 5.32 Å². The van der Waals surface area contributed by atoms with Gasteiger partial charge in [-0.15, -0.1) is 0 Å². The minimum Gasteiger partial charge on any atom is -0.481 e. The number of carbonyl (C=O) groups excluding carboxylic acids is 1. The molecule has 1 heterocycles.